The zero-order valence-corrected chi connectivity index (χ0v) is 32.5. The van der Waals surface area contributed by atoms with Gasteiger partial charge in [-0.05, 0) is 38.5 Å². The van der Waals surface area contributed by atoms with E-state index in [9.17, 15) is 15.0 Å². The molecule has 0 fully saturated rings. The summed E-state index contributed by atoms with van der Waals surface area (Å²) in [7, 11) is 0. The van der Waals surface area contributed by atoms with Gasteiger partial charge in [0.1, 0.15) is 0 Å². The predicted molar refractivity (Wildman–Crippen MR) is 212 cm³/mol. The monoisotopic (exact) mass is 676 g/mol. The molecule has 0 spiro atoms. The highest BCUT2D eigenvalue weighted by molar-refractivity contribution is 5.76. The van der Waals surface area contributed by atoms with Crippen LogP contribution in [-0.2, 0) is 4.79 Å². The third-order valence-electron chi connectivity index (χ3n) is 9.99. The molecule has 4 nitrogen and oxygen atoms in total. The van der Waals surface area contributed by atoms with Crippen LogP contribution < -0.4 is 5.32 Å². The Kier molecular flexibility index (Phi) is 39.4. The average molecular weight is 676 g/mol. The van der Waals surface area contributed by atoms with Crippen LogP contribution in [0.15, 0.2) is 24.3 Å². The second kappa shape index (κ2) is 40.3. The number of hydrogen-bond donors (Lipinski definition) is 3. The summed E-state index contributed by atoms with van der Waals surface area (Å²) in [6.07, 6.45) is 51.1. The van der Waals surface area contributed by atoms with Gasteiger partial charge >= 0.3 is 0 Å². The molecule has 0 rings (SSSR count). The molecule has 0 aromatic heterocycles. The minimum Gasteiger partial charge on any atom is -0.394 e. The summed E-state index contributed by atoms with van der Waals surface area (Å²) in [5.74, 6) is -0.0419. The first kappa shape index (κ1) is 46.9. The Balaban J connectivity index is 3.51. The molecule has 0 aromatic carbocycles. The van der Waals surface area contributed by atoms with Crippen molar-refractivity contribution in [2.24, 2.45) is 0 Å². The molecule has 4 heteroatoms. The van der Waals surface area contributed by atoms with Gasteiger partial charge in [0.2, 0.25) is 5.91 Å². The Morgan fingerprint density at radius 2 is 0.833 bits per heavy atom. The van der Waals surface area contributed by atoms with Crippen molar-refractivity contribution in [1.29, 1.82) is 0 Å². The Labute approximate surface area is 300 Å². The lowest BCUT2D eigenvalue weighted by molar-refractivity contribution is -0.123. The van der Waals surface area contributed by atoms with Crippen LogP contribution in [0, 0.1) is 0 Å². The molecule has 2 atom stereocenters. The van der Waals surface area contributed by atoms with E-state index in [0.29, 0.717) is 12.8 Å². The second-order valence-electron chi connectivity index (χ2n) is 14.8. The highest BCUT2D eigenvalue weighted by Gasteiger charge is 2.19. The minimum absolute atomic E-state index is 0.0419. The van der Waals surface area contributed by atoms with Crippen molar-refractivity contribution in [2.75, 3.05) is 6.61 Å². The Morgan fingerprint density at radius 1 is 0.500 bits per heavy atom. The fraction of sp³-hybridized carbons (Fsp3) is 0.886. The van der Waals surface area contributed by atoms with Crippen molar-refractivity contribution in [3.05, 3.63) is 24.3 Å². The number of hydrogen-bond acceptors (Lipinski definition) is 3. The van der Waals surface area contributed by atoms with Crippen LogP contribution in [-0.4, -0.2) is 34.9 Å². The molecule has 3 N–H and O–H groups in total. The van der Waals surface area contributed by atoms with E-state index in [1.165, 1.54) is 173 Å². The van der Waals surface area contributed by atoms with Crippen molar-refractivity contribution in [1.82, 2.24) is 5.32 Å². The Bertz CT molecular complexity index is 691. The Morgan fingerprint density at radius 3 is 1.25 bits per heavy atom. The third-order valence-corrected chi connectivity index (χ3v) is 9.99. The molecule has 284 valence electrons. The highest BCUT2D eigenvalue weighted by atomic mass is 16.3. The first-order valence-corrected chi connectivity index (χ1v) is 21.6. The van der Waals surface area contributed by atoms with Crippen molar-refractivity contribution in [3.8, 4) is 0 Å². The molecule has 0 heterocycles. The lowest BCUT2D eigenvalue weighted by Crippen LogP contribution is -2.45. The number of unbranched alkanes of at least 4 members (excludes halogenated alkanes) is 29. The van der Waals surface area contributed by atoms with Crippen LogP contribution >= 0.6 is 0 Å². The first-order valence-electron chi connectivity index (χ1n) is 21.6. The van der Waals surface area contributed by atoms with E-state index in [-0.39, 0.29) is 12.5 Å². The summed E-state index contributed by atoms with van der Waals surface area (Å²) in [4.78, 5) is 12.4. The fourth-order valence-electron chi connectivity index (χ4n) is 6.65. The van der Waals surface area contributed by atoms with Gasteiger partial charge < -0.3 is 15.5 Å². The zero-order valence-electron chi connectivity index (χ0n) is 32.5. The van der Waals surface area contributed by atoms with Crippen molar-refractivity contribution in [3.63, 3.8) is 0 Å². The van der Waals surface area contributed by atoms with Gasteiger partial charge in [-0.15, -0.1) is 0 Å². The Hall–Kier alpha value is -1.13. The molecular formula is C44H85NO3. The van der Waals surface area contributed by atoms with Crippen molar-refractivity contribution < 1.29 is 15.0 Å². The van der Waals surface area contributed by atoms with E-state index in [1.807, 2.05) is 0 Å². The van der Waals surface area contributed by atoms with Gasteiger partial charge in [-0.2, -0.15) is 0 Å². The van der Waals surface area contributed by atoms with E-state index in [1.54, 1.807) is 0 Å². The van der Waals surface area contributed by atoms with E-state index in [4.69, 9.17) is 0 Å². The number of amides is 1. The van der Waals surface area contributed by atoms with E-state index < -0.39 is 12.1 Å². The molecule has 48 heavy (non-hydrogen) atoms. The van der Waals surface area contributed by atoms with Crippen LogP contribution in [0.4, 0.5) is 0 Å². The average Bonchev–Trinajstić information content (AvgIpc) is 3.09. The quantitative estimate of drug-likeness (QED) is 0.0448. The number of nitrogens with one attached hydrogen (secondary N) is 1. The maximum atomic E-state index is 12.4. The normalized spacial score (nSPS) is 13.2. The number of allylic oxidation sites excluding steroid dienone is 4. The summed E-state index contributed by atoms with van der Waals surface area (Å²) in [5, 5.41) is 23.2. The maximum Gasteiger partial charge on any atom is 0.220 e. The molecule has 2 unspecified atom stereocenters. The number of rotatable bonds is 39. The van der Waals surface area contributed by atoms with Gasteiger partial charge in [0.05, 0.1) is 18.8 Å². The zero-order chi connectivity index (χ0) is 35.0. The van der Waals surface area contributed by atoms with Gasteiger partial charge in [-0.3, -0.25) is 4.79 Å². The SMILES string of the molecule is CCCCC/C=C\C=C/CCCCCCCCC(=O)NC(CO)C(O)CCCCCCCCCCCCCCCCCCCCCCC. The van der Waals surface area contributed by atoms with Gasteiger partial charge in [0.25, 0.3) is 0 Å². The molecule has 0 bridgehead atoms. The largest absolute Gasteiger partial charge is 0.394 e. The molecule has 0 aliphatic carbocycles. The number of aliphatic hydroxyl groups is 2. The lowest BCUT2D eigenvalue weighted by Gasteiger charge is -2.22. The highest BCUT2D eigenvalue weighted by Crippen LogP contribution is 2.16. The second-order valence-corrected chi connectivity index (χ2v) is 14.8. The first-order chi connectivity index (χ1) is 23.7. The van der Waals surface area contributed by atoms with E-state index in [2.05, 4.69) is 43.5 Å². The lowest BCUT2D eigenvalue weighted by atomic mass is 10.0. The maximum absolute atomic E-state index is 12.4. The van der Waals surface area contributed by atoms with Gasteiger partial charge in [-0.25, -0.2) is 0 Å². The molecular weight excluding hydrogens is 590 g/mol. The minimum atomic E-state index is -0.662. The van der Waals surface area contributed by atoms with Crippen molar-refractivity contribution >= 4 is 5.91 Å². The van der Waals surface area contributed by atoms with Crippen LogP contribution in [0.2, 0.25) is 0 Å². The molecule has 0 saturated heterocycles. The van der Waals surface area contributed by atoms with Gasteiger partial charge in [-0.1, -0.05) is 212 Å². The smallest absolute Gasteiger partial charge is 0.220 e. The standard InChI is InChI=1S/C44H85NO3/c1-3-5-7-9-11-13-15-17-19-20-21-22-23-24-26-27-29-31-33-35-37-39-43(47)42(41-46)45-44(48)40-38-36-34-32-30-28-25-18-16-14-12-10-8-6-4-2/h12,14,16,18,42-43,46-47H,3-11,13,15,17,19-41H2,1-2H3,(H,45,48)/b14-12-,18-16-. The van der Waals surface area contributed by atoms with Crippen LogP contribution in [0.25, 0.3) is 0 Å². The van der Waals surface area contributed by atoms with Crippen LogP contribution in [0.5, 0.6) is 0 Å². The van der Waals surface area contributed by atoms with Crippen molar-refractivity contribution in [2.45, 2.75) is 244 Å². The summed E-state index contributed by atoms with van der Waals surface area (Å²) >= 11 is 0. The number of aliphatic hydroxyl groups excluding tert-OH is 2. The van der Waals surface area contributed by atoms with Crippen LogP contribution in [0.1, 0.15) is 232 Å². The summed E-state index contributed by atoms with van der Waals surface area (Å²) < 4.78 is 0. The molecule has 0 aliphatic rings. The topological polar surface area (TPSA) is 69.6 Å². The van der Waals surface area contributed by atoms with E-state index in [0.717, 1.165) is 32.1 Å². The molecule has 0 aromatic rings. The molecule has 0 radical (unpaired) electrons. The summed E-state index contributed by atoms with van der Waals surface area (Å²) in [6.45, 7) is 4.33. The third kappa shape index (κ3) is 36.2. The molecule has 0 aliphatic heterocycles. The molecule has 0 saturated carbocycles. The number of carbonyl (C=O) groups is 1. The summed E-state index contributed by atoms with van der Waals surface area (Å²) in [5.41, 5.74) is 0. The van der Waals surface area contributed by atoms with Gasteiger partial charge in [0, 0.05) is 6.42 Å². The predicted octanol–water partition coefficient (Wildman–Crippen LogP) is 13.2. The number of carbonyl (C=O) groups excluding carboxylic acids is 1. The fourth-order valence-corrected chi connectivity index (χ4v) is 6.65. The molecule has 1 amide bonds. The van der Waals surface area contributed by atoms with E-state index >= 15 is 0 Å². The summed E-state index contributed by atoms with van der Waals surface area (Å²) in [6, 6.07) is -0.540. The van der Waals surface area contributed by atoms with Crippen LogP contribution in [0.3, 0.4) is 0 Å². The van der Waals surface area contributed by atoms with Gasteiger partial charge in [0.15, 0.2) is 0 Å².